The average molecular weight is 319 g/mol. The molecule has 2 aromatic rings. The highest BCUT2D eigenvalue weighted by Gasteiger charge is 2.29. The summed E-state index contributed by atoms with van der Waals surface area (Å²) >= 11 is 1.72. The second kappa shape index (κ2) is 5.48. The van der Waals surface area contributed by atoms with Gasteiger partial charge in [-0.3, -0.25) is 0 Å². The van der Waals surface area contributed by atoms with Gasteiger partial charge in [-0.25, -0.2) is 8.42 Å². The van der Waals surface area contributed by atoms with Crippen LogP contribution in [0.25, 0.3) is 0 Å². The molecule has 0 aliphatic heterocycles. The van der Waals surface area contributed by atoms with Gasteiger partial charge in [-0.15, -0.1) is 11.8 Å². The first-order valence-electron chi connectivity index (χ1n) is 6.75. The van der Waals surface area contributed by atoms with Gasteiger partial charge in [0.2, 0.25) is 0 Å². The maximum atomic E-state index is 11.5. The molecule has 1 aliphatic carbocycles. The van der Waals surface area contributed by atoms with Crippen molar-refractivity contribution in [2.24, 2.45) is 5.73 Å². The third kappa shape index (κ3) is 3.00. The molecular formula is C16H17NO2S2. The Balaban J connectivity index is 1.77. The van der Waals surface area contributed by atoms with Crippen molar-refractivity contribution in [1.29, 1.82) is 0 Å². The van der Waals surface area contributed by atoms with Crippen LogP contribution in [0.3, 0.4) is 0 Å². The van der Waals surface area contributed by atoms with E-state index in [0.717, 1.165) is 11.3 Å². The Morgan fingerprint density at radius 1 is 1.10 bits per heavy atom. The average Bonchev–Trinajstić information content (AvgIpc) is 2.76. The van der Waals surface area contributed by atoms with Gasteiger partial charge in [-0.05, 0) is 41.8 Å². The van der Waals surface area contributed by atoms with Crippen LogP contribution >= 0.6 is 11.8 Å². The first-order chi connectivity index (χ1) is 9.95. The van der Waals surface area contributed by atoms with E-state index in [1.807, 2.05) is 24.3 Å². The highest BCUT2D eigenvalue weighted by molar-refractivity contribution is 8.00. The predicted molar refractivity (Wildman–Crippen MR) is 86.3 cm³/mol. The Morgan fingerprint density at radius 3 is 2.38 bits per heavy atom. The van der Waals surface area contributed by atoms with Gasteiger partial charge in [-0.1, -0.05) is 24.3 Å². The fraction of sp³-hybridized carbons (Fsp3) is 0.250. The fourth-order valence-electron chi connectivity index (χ4n) is 2.64. The van der Waals surface area contributed by atoms with Crippen LogP contribution in [0, 0.1) is 0 Å². The Labute approximate surface area is 129 Å². The molecule has 0 amide bonds. The van der Waals surface area contributed by atoms with E-state index in [4.69, 9.17) is 5.73 Å². The summed E-state index contributed by atoms with van der Waals surface area (Å²) in [5.74, 6) is 0. The van der Waals surface area contributed by atoms with E-state index in [1.54, 1.807) is 23.9 Å². The van der Waals surface area contributed by atoms with Gasteiger partial charge in [0.1, 0.15) is 0 Å². The number of sulfone groups is 1. The lowest BCUT2D eigenvalue weighted by Crippen LogP contribution is -2.18. The van der Waals surface area contributed by atoms with Gasteiger partial charge in [0.15, 0.2) is 9.84 Å². The zero-order chi connectivity index (χ0) is 15.0. The minimum Gasteiger partial charge on any atom is -0.323 e. The van der Waals surface area contributed by atoms with E-state index in [0.29, 0.717) is 10.1 Å². The maximum absolute atomic E-state index is 11.5. The van der Waals surface area contributed by atoms with Crippen LogP contribution in [0.1, 0.15) is 17.2 Å². The first-order valence-corrected chi connectivity index (χ1v) is 9.52. The smallest absolute Gasteiger partial charge is 0.175 e. The maximum Gasteiger partial charge on any atom is 0.175 e. The number of nitrogens with two attached hydrogens (primary N) is 1. The minimum atomic E-state index is -3.14. The number of rotatable bonds is 3. The highest BCUT2D eigenvalue weighted by Crippen LogP contribution is 2.40. The second-order valence-electron chi connectivity index (χ2n) is 5.33. The molecule has 2 atom stereocenters. The van der Waals surface area contributed by atoms with Crippen molar-refractivity contribution in [2.75, 3.05) is 6.26 Å². The molecule has 0 saturated heterocycles. The van der Waals surface area contributed by atoms with Crippen molar-refractivity contribution in [3.05, 3.63) is 59.7 Å². The van der Waals surface area contributed by atoms with Gasteiger partial charge in [-0.2, -0.15) is 0 Å². The van der Waals surface area contributed by atoms with Gasteiger partial charge in [0.25, 0.3) is 0 Å². The Bertz CT molecular complexity index is 754. The number of benzene rings is 2. The Morgan fingerprint density at radius 2 is 1.76 bits per heavy atom. The number of hydrogen-bond donors (Lipinski definition) is 1. The number of thioether (sulfide) groups is 1. The van der Waals surface area contributed by atoms with Crippen LogP contribution in [0.5, 0.6) is 0 Å². The van der Waals surface area contributed by atoms with Crippen LogP contribution in [0.15, 0.2) is 58.3 Å². The molecule has 110 valence electrons. The zero-order valence-corrected chi connectivity index (χ0v) is 13.3. The SMILES string of the molecule is CS(=O)(=O)c1ccc(SC2Cc3ccccc3C2N)cc1. The summed E-state index contributed by atoms with van der Waals surface area (Å²) in [6.45, 7) is 0. The van der Waals surface area contributed by atoms with E-state index < -0.39 is 9.84 Å². The monoisotopic (exact) mass is 319 g/mol. The van der Waals surface area contributed by atoms with Gasteiger partial charge in [0.05, 0.1) is 4.90 Å². The molecule has 2 unspecified atom stereocenters. The van der Waals surface area contributed by atoms with Crippen LogP contribution in [0.2, 0.25) is 0 Å². The molecule has 0 bridgehead atoms. The summed E-state index contributed by atoms with van der Waals surface area (Å²) in [5, 5.41) is 0.298. The van der Waals surface area contributed by atoms with Gasteiger partial charge in [0, 0.05) is 22.4 Å². The molecule has 3 rings (SSSR count). The van der Waals surface area contributed by atoms with Crippen molar-refractivity contribution < 1.29 is 8.42 Å². The van der Waals surface area contributed by atoms with Crippen molar-refractivity contribution in [1.82, 2.24) is 0 Å². The standard InChI is InChI=1S/C16H17NO2S2/c1-21(18,19)13-8-6-12(7-9-13)20-15-10-11-4-2-3-5-14(11)16(15)17/h2-9,15-16H,10,17H2,1H3. The summed E-state index contributed by atoms with van der Waals surface area (Å²) in [6, 6.07) is 15.3. The molecule has 0 radical (unpaired) electrons. The zero-order valence-electron chi connectivity index (χ0n) is 11.7. The first kappa shape index (κ1) is 14.6. The third-order valence-corrected chi connectivity index (χ3v) is 6.21. The normalized spacial score (nSPS) is 21.2. The van der Waals surface area contributed by atoms with E-state index >= 15 is 0 Å². The molecule has 3 nitrogen and oxygen atoms in total. The van der Waals surface area contributed by atoms with Crippen LogP contribution < -0.4 is 5.73 Å². The lowest BCUT2D eigenvalue weighted by Gasteiger charge is -2.15. The van der Waals surface area contributed by atoms with E-state index in [1.165, 1.54) is 17.4 Å². The van der Waals surface area contributed by atoms with Crippen LogP contribution in [-0.2, 0) is 16.3 Å². The Kier molecular flexibility index (Phi) is 3.82. The highest BCUT2D eigenvalue weighted by atomic mass is 32.2. The molecular weight excluding hydrogens is 302 g/mol. The molecule has 0 aromatic heterocycles. The van der Waals surface area contributed by atoms with Crippen LogP contribution in [0.4, 0.5) is 0 Å². The summed E-state index contributed by atoms with van der Waals surface area (Å²) in [6.07, 6.45) is 2.18. The van der Waals surface area contributed by atoms with E-state index in [9.17, 15) is 8.42 Å². The molecule has 21 heavy (non-hydrogen) atoms. The molecule has 0 spiro atoms. The third-order valence-electron chi connectivity index (χ3n) is 3.78. The molecule has 2 aromatic carbocycles. The van der Waals surface area contributed by atoms with Gasteiger partial charge < -0.3 is 5.73 Å². The second-order valence-corrected chi connectivity index (χ2v) is 8.66. The summed E-state index contributed by atoms with van der Waals surface area (Å²) in [7, 11) is -3.14. The summed E-state index contributed by atoms with van der Waals surface area (Å²) in [5.41, 5.74) is 8.86. The van der Waals surface area contributed by atoms with Gasteiger partial charge >= 0.3 is 0 Å². The summed E-state index contributed by atoms with van der Waals surface area (Å²) in [4.78, 5) is 1.40. The molecule has 5 heteroatoms. The molecule has 1 aliphatic rings. The van der Waals surface area contributed by atoms with E-state index in [-0.39, 0.29) is 6.04 Å². The lowest BCUT2D eigenvalue weighted by atomic mass is 10.1. The fourth-order valence-corrected chi connectivity index (χ4v) is 4.47. The topological polar surface area (TPSA) is 60.2 Å². The molecule has 2 N–H and O–H groups in total. The number of hydrogen-bond acceptors (Lipinski definition) is 4. The molecule has 0 fully saturated rings. The quantitative estimate of drug-likeness (QED) is 0.945. The van der Waals surface area contributed by atoms with Crippen LogP contribution in [-0.4, -0.2) is 19.9 Å². The van der Waals surface area contributed by atoms with E-state index in [2.05, 4.69) is 12.1 Å². The van der Waals surface area contributed by atoms with Crippen molar-refractivity contribution in [3.63, 3.8) is 0 Å². The van der Waals surface area contributed by atoms with Crippen molar-refractivity contribution in [2.45, 2.75) is 27.5 Å². The van der Waals surface area contributed by atoms with Crippen molar-refractivity contribution in [3.8, 4) is 0 Å². The largest absolute Gasteiger partial charge is 0.323 e. The number of fused-ring (bicyclic) bond motifs is 1. The molecule has 0 heterocycles. The Hall–Kier alpha value is -1.30. The van der Waals surface area contributed by atoms with Crippen molar-refractivity contribution >= 4 is 21.6 Å². The minimum absolute atomic E-state index is 0.0285. The predicted octanol–water partition coefficient (Wildman–Crippen LogP) is 2.81. The summed E-state index contributed by atoms with van der Waals surface area (Å²) < 4.78 is 22.9. The lowest BCUT2D eigenvalue weighted by molar-refractivity contribution is 0.602. The molecule has 0 saturated carbocycles.